The van der Waals surface area contributed by atoms with E-state index in [-0.39, 0.29) is 17.6 Å². The topological polar surface area (TPSA) is 80.6 Å². The average molecular weight is 452 g/mol. The largest absolute Gasteiger partial charge is 0.385 e. The summed E-state index contributed by atoms with van der Waals surface area (Å²) in [5.41, 5.74) is 0.808. The number of thioether (sulfide) groups is 1. The second kappa shape index (κ2) is 10.8. The van der Waals surface area contributed by atoms with Crippen molar-refractivity contribution >= 4 is 35.2 Å². The number of nitrogens with zero attached hydrogens (tertiary/aromatic N) is 5. The Hall–Kier alpha value is -2.10. The number of benzene rings is 1. The van der Waals surface area contributed by atoms with Crippen LogP contribution in [0.1, 0.15) is 13.3 Å². The summed E-state index contributed by atoms with van der Waals surface area (Å²) in [6, 6.07) is 7.51. The number of carbonyl (C=O) groups is 2. The van der Waals surface area contributed by atoms with E-state index in [0.29, 0.717) is 55.3 Å². The van der Waals surface area contributed by atoms with Gasteiger partial charge in [0.1, 0.15) is 0 Å². The van der Waals surface area contributed by atoms with Crippen molar-refractivity contribution in [2.45, 2.75) is 25.0 Å². The van der Waals surface area contributed by atoms with Gasteiger partial charge in [-0.1, -0.05) is 35.5 Å². The summed E-state index contributed by atoms with van der Waals surface area (Å²) < 4.78 is 7.17. The third kappa shape index (κ3) is 5.53. The average Bonchev–Trinajstić information content (AvgIpc) is 3.15. The van der Waals surface area contributed by atoms with Gasteiger partial charge in [0.25, 0.3) is 0 Å². The van der Waals surface area contributed by atoms with Crippen LogP contribution in [-0.2, 0) is 20.9 Å². The molecule has 2 heterocycles. The number of piperazine rings is 1. The lowest BCUT2D eigenvalue weighted by Gasteiger charge is -2.34. The predicted octanol–water partition coefficient (Wildman–Crippen LogP) is 2.42. The first-order valence-corrected chi connectivity index (χ1v) is 11.2. The standard InChI is InChI=1S/C20H26ClN5O3S/c1-15(27)24-9-11-25(12-10-24)18(28)14-30-20-23-22-19(26(20)8-5-13-29-2)16-6-3-4-7-17(16)21/h3-4,6-7H,5,8-14H2,1-2H3. The molecule has 2 aromatic rings. The van der Waals surface area contributed by atoms with Gasteiger partial charge in [-0.05, 0) is 18.6 Å². The number of carbonyl (C=O) groups excluding carboxylic acids is 2. The molecule has 1 aliphatic rings. The fourth-order valence-corrected chi connectivity index (χ4v) is 4.38. The zero-order valence-corrected chi connectivity index (χ0v) is 18.8. The third-order valence-corrected chi connectivity index (χ3v) is 6.25. The van der Waals surface area contributed by atoms with Crippen LogP contribution in [0.5, 0.6) is 0 Å². The zero-order valence-electron chi connectivity index (χ0n) is 17.2. The normalized spacial score (nSPS) is 14.2. The number of methoxy groups -OCH3 is 1. The van der Waals surface area contributed by atoms with E-state index >= 15 is 0 Å². The third-order valence-electron chi connectivity index (χ3n) is 4.96. The molecule has 0 radical (unpaired) electrons. The molecular weight excluding hydrogens is 426 g/mol. The number of aromatic nitrogens is 3. The fraction of sp³-hybridized carbons (Fsp3) is 0.500. The fourth-order valence-electron chi connectivity index (χ4n) is 3.29. The number of hydrogen-bond donors (Lipinski definition) is 0. The van der Waals surface area contributed by atoms with Gasteiger partial charge in [0.05, 0.1) is 10.8 Å². The van der Waals surface area contributed by atoms with Gasteiger partial charge in [-0.2, -0.15) is 0 Å². The minimum atomic E-state index is 0.0361. The lowest BCUT2D eigenvalue weighted by atomic mass is 10.2. The molecule has 8 nitrogen and oxygen atoms in total. The molecule has 0 atom stereocenters. The summed E-state index contributed by atoms with van der Waals surface area (Å²) in [6.45, 7) is 5.11. The molecule has 0 N–H and O–H groups in total. The van der Waals surface area contributed by atoms with Crippen molar-refractivity contribution in [1.82, 2.24) is 24.6 Å². The minimum Gasteiger partial charge on any atom is -0.385 e. The van der Waals surface area contributed by atoms with Crippen LogP contribution in [0.4, 0.5) is 0 Å². The monoisotopic (exact) mass is 451 g/mol. The molecule has 1 fully saturated rings. The summed E-state index contributed by atoms with van der Waals surface area (Å²) in [6.07, 6.45) is 0.792. The van der Waals surface area contributed by atoms with Gasteiger partial charge < -0.3 is 19.1 Å². The molecule has 0 aliphatic carbocycles. The Labute approximate surface area is 185 Å². The summed E-state index contributed by atoms with van der Waals surface area (Å²) in [7, 11) is 1.67. The van der Waals surface area contributed by atoms with Crippen LogP contribution < -0.4 is 0 Å². The van der Waals surface area contributed by atoms with E-state index in [2.05, 4.69) is 10.2 Å². The van der Waals surface area contributed by atoms with Gasteiger partial charge in [-0.25, -0.2) is 0 Å². The Balaban J connectivity index is 1.68. The zero-order chi connectivity index (χ0) is 21.5. The van der Waals surface area contributed by atoms with Crippen molar-refractivity contribution in [2.75, 3.05) is 45.6 Å². The van der Waals surface area contributed by atoms with Crippen molar-refractivity contribution in [3.05, 3.63) is 29.3 Å². The van der Waals surface area contributed by atoms with Crippen LogP contribution in [-0.4, -0.2) is 82.0 Å². The maximum Gasteiger partial charge on any atom is 0.233 e. The molecule has 1 aromatic heterocycles. The van der Waals surface area contributed by atoms with Crippen LogP contribution in [0.3, 0.4) is 0 Å². The van der Waals surface area contributed by atoms with Crippen LogP contribution in [0.2, 0.25) is 5.02 Å². The van der Waals surface area contributed by atoms with Gasteiger partial charge in [0, 0.05) is 58.9 Å². The Morgan fingerprint density at radius 1 is 1.13 bits per heavy atom. The molecule has 0 saturated carbocycles. The van der Waals surface area contributed by atoms with Gasteiger partial charge in [0.15, 0.2) is 11.0 Å². The molecule has 0 unspecified atom stereocenters. The van der Waals surface area contributed by atoms with E-state index in [0.717, 1.165) is 12.0 Å². The number of ether oxygens (including phenoxy) is 1. The smallest absolute Gasteiger partial charge is 0.233 e. The van der Waals surface area contributed by atoms with Crippen LogP contribution in [0, 0.1) is 0 Å². The van der Waals surface area contributed by atoms with Crippen molar-refractivity contribution < 1.29 is 14.3 Å². The van der Waals surface area contributed by atoms with Crippen LogP contribution in [0.15, 0.2) is 29.4 Å². The Morgan fingerprint density at radius 3 is 2.50 bits per heavy atom. The highest BCUT2D eigenvalue weighted by molar-refractivity contribution is 7.99. The lowest BCUT2D eigenvalue weighted by molar-refractivity contribution is -0.136. The number of rotatable bonds is 8. The van der Waals surface area contributed by atoms with Gasteiger partial charge >= 0.3 is 0 Å². The maximum absolute atomic E-state index is 12.7. The predicted molar refractivity (Wildman–Crippen MR) is 117 cm³/mol. The molecule has 0 spiro atoms. The van der Waals surface area contributed by atoms with E-state index in [1.54, 1.807) is 23.8 Å². The first-order chi connectivity index (χ1) is 14.5. The summed E-state index contributed by atoms with van der Waals surface area (Å²) in [4.78, 5) is 27.7. The first-order valence-electron chi connectivity index (χ1n) is 9.84. The molecule has 3 rings (SSSR count). The second-order valence-corrected chi connectivity index (χ2v) is 8.31. The van der Waals surface area contributed by atoms with E-state index in [9.17, 15) is 9.59 Å². The lowest BCUT2D eigenvalue weighted by Crippen LogP contribution is -2.50. The van der Waals surface area contributed by atoms with Crippen molar-refractivity contribution in [3.63, 3.8) is 0 Å². The van der Waals surface area contributed by atoms with Gasteiger partial charge in [0.2, 0.25) is 11.8 Å². The van der Waals surface area contributed by atoms with E-state index in [1.807, 2.05) is 28.8 Å². The van der Waals surface area contributed by atoms with E-state index < -0.39 is 0 Å². The molecule has 1 saturated heterocycles. The molecule has 30 heavy (non-hydrogen) atoms. The minimum absolute atomic E-state index is 0.0361. The van der Waals surface area contributed by atoms with E-state index in [4.69, 9.17) is 16.3 Å². The number of hydrogen-bond acceptors (Lipinski definition) is 6. The van der Waals surface area contributed by atoms with Crippen molar-refractivity contribution in [1.29, 1.82) is 0 Å². The van der Waals surface area contributed by atoms with Crippen molar-refractivity contribution in [2.24, 2.45) is 0 Å². The number of halogens is 1. The highest BCUT2D eigenvalue weighted by atomic mass is 35.5. The molecule has 1 aliphatic heterocycles. The molecule has 2 amide bonds. The highest BCUT2D eigenvalue weighted by Gasteiger charge is 2.23. The maximum atomic E-state index is 12.7. The molecule has 10 heteroatoms. The molecule has 0 bridgehead atoms. The highest BCUT2D eigenvalue weighted by Crippen LogP contribution is 2.29. The van der Waals surface area contributed by atoms with E-state index in [1.165, 1.54) is 11.8 Å². The molecule has 162 valence electrons. The van der Waals surface area contributed by atoms with Gasteiger partial charge in [-0.3, -0.25) is 9.59 Å². The van der Waals surface area contributed by atoms with Crippen molar-refractivity contribution in [3.8, 4) is 11.4 Å². The Kier molecular flexibility index (Phi) is 8.12. The first kappa shape index (κ1) is 22.6. The SMILES string of the molecule is COCCCn1c(SCC(=O)N2CCN(C(C)=O)CC2)nnc1-c1ccccc1Cl. The second-order valence-electron chi connectivity index (χ2n) is 6.96. The van der Waals surface area contributed by atoms with Gasteiger partial charge in [-0.15, -0.1) is 10.2 Å². The Morgan fingerprint density at radius 2 is 1.83 bits per heavy atom. The van der Waals surface area contributed by atoms with Crippen LogP contribution in [0.25, 0.3) is 11.4 Å². The molecule has 1 aromatic carbocycles. The molecular formula is C20H26ClN5O3S. The number of amides is 2. The Bertz CT molecular complexity index is 883. The summed E-state index contributed by atoms with van der Waals surface area (Å²) >= 11 is 7.73. The quantitative estimate of drug-likeness (QED) is 0.453. The summed E-state index contributed by atoms with van der Waals surface area (Å²) in [5, 5.41) is 9.94. The van der Waals surface area contributed by atoms with Crippen LogP contribution >= 0.6 is 23.4 Å². The summed E-state index contributed by atoms with van der Waals surface area (Å²) in [5.74, 6) is 1.04.